The van der Waals surface area contributed by atoms with Crippen molar-refractivity contribution >= 4 is 11.6 Å². The first-order valence-electron chi connectivity index (χ1n) is 8.64. The smallest absolute Gasteiger partial charge is 0.244 e. The van der Waals surface area contributed by atoms with Crippen molar-refractivity contribution in [3.05, 3.63) is 83.4 Å². The van der Waals surface area contributed by atoms with E-state index in [1.54, 1.807) is 0 Å². The summed E-state index contributed by atoms with van der Waals surface area (Å²) in [4.78, 5) is 12.7. The van der Waals surface area contributed by atoms with Crippen LogP contribution in [0.4, 0.5) is 0 Å². The lowest BCUT2D eigenvalue weighted by atomic mass is 9.85. The van der Waals surface area contributed by atoms with Gasteiger partial charge in [0.1, 0.15) is 0 Å². The van der Waals surface area contributed by atoms with Gasteiger partial charge < -0.3 is 0 Å². The first-order chi connectivity index (χ1) is 12.0. The lowest BCUT2D eigenvalue weighted by Gasteiger charge is -2.18. The predicted octanol–water partition coefficient (Wildman–Crippen LogP) is 4.45. The van der Waals surface area contributed by atoms with Gasteiger partial charge in [-0.25, -0.2) is 5.43 Å². The molecule has 0 bridgehead atoms. The van der Waals surface area contributed by atoms with Crippen LogP contribution in [-0.4, -0.2) is 11.6 Å². The van der Waals surface area contributed by atoms with E-state index in [0.717, 1.165) is 17.7 Å². The second-order valence-corrected chi connectivity index (χ2v) is 6.91. The molecule has 1 amide bonds. The molecule has 0 heterocycles. The van der Waals surface area contributed by atoms with Gasteiger partial charge in [-0.1, -0.05) is 66.2 Å². The summed E-state index contributed by atoms with van der Waals surface area (Å²) >= 11 is 0. The van der Waals surface area contributed by atoms with Crippen molar-refractivity contribution in [2.75, 3.05) is 0 Å². The third kappa shape index (κ3) is 3.55. The molecule has 1 saturated carbocycles. The van der Waals surface area contributed by atoms with E-state index in [1.165, 1.54) is 11.1 Å². The lowest BCUT2D eigenvalue weighted by molar-refractivity contribution is -0.122. The molecule has 2 aromatic rings. The largest absolute Gasteiger partial charge is 0.273 e. The van der Waals surface area contributed by atoms with Crippen LogP contribution in [0.1, 0.15) is 38.3 Å². The van der Waals surface area contributed by atoms with E-state index in [0.29, 0.717) is 0 Å². The van der Waals surface area contributed by atoms with Crippen LogP contribution in [0.25, 0.3) is 0 Å². The van der Waals surface area contributed by atoms with Gasteiger partial charge in [0.2, 0.25) is 5.91 Å². The summed E-state index contributed by atoms with van der Waals surface area (Å²) in [6.07, 6.45) is 2.76. The minimum Gasteiger partial charge on any atom is -0.273 e. The maximum absolute atomic E-state index is 12.7. The third-order valence-electron chi connectivity index (χ3n) is 4.70. The van der Waals surface area contributed by atoms with Gasteiger partial charge in [-0.05, 0) is 44.4 Å². The molecule has 3 heteroatoms. The number of benzene rings is 2. The molecule has 1 fully saturated rings. The number of hydrogen-bond donors (Lipinski definition) is 1. The maximum Gasteiger partial charge on any atom is 0.244 e. The molecular formula is C22H24N2O. The van der Waals surface area contributed by atoms with Crippen molar-refractivity contribution in [1.82, 2.24) is 5.43 Å². The Hall–Kier alpha value is -2.68. The van der Waals surface area contributed by atoms with Gasteiger partial charge in [0.05, 0.1) is 11.6 Å². The summed E-state index contributed by atoms with van der Waals surface area (Å²) < 4.78 is 0. The molecule has 1 aliphatic rings. The van der Waals surface area contributed by atoms with Gasteiger partial charge in [-0.2, -0.15) is 5.10 Å². The standard InChI is InChI=1S/C22H24N2O/c1-16(2)14-17(3)23-24-21(25)20-15-22(20,18-10-6-4-7-11-18)19-12-8-5-9-13-19/h4-14,20H,15H2,1-3H3,(H,24,25)/b23-17-/t20-/m0/s1. The summed E-state index contributed by atoms with van der Waals surface area (Å²) in [5.41, 5.74) is 6.84. The summed E-state index contributed by atoms with van der Waals surface area (Å²) in [5, 5.41) is 4.22. The normalized spacial score (nSPS) is 18.4. The Bertz CT molecular complexity index is 763. The van der Waals surface area contributed by atoms with Gasteiger partial charge in [-0.15, -0.1) is 0 Å². The van der Waals surface area contributed by atoms with Crippen LogP contribution in [0.5, 0.6) is 0 Å². The number of carbonyl (C=O) groups is 1. The molecule has 1 N–H and O–H groups in total. The molecule has 1 atom stereocenters. The molecule has 0 unspecified atom stereocenters. The van der Waals surface area contributed by atoms with E-state index < -0.39 is 0 Å². The highest BCUT2D eigenvalue weighted by Crippen LogP contribution is 2.58. The summed E-state index contributed by atoms with van der Waals surface area (Å²) in [7, 11) is 0. The fourth-order valence-corrected chi connectivity index (χ4v) is 3.53. The molecular weight excluding hydrogens is 308 g/mol. The molecule has 0 saturated heterocycles. The molecule has 128 valence electrons. The van der Waals surface area contributed by atoms with E-state index in [1.807, 2.05) is 63.2 Å². The second kappa shape index (κ2) is 7.06. The van der Waals surface area contributed by atoms with Crippen molar-refractivity contribution in [3.8, 4) is 0 Å². The van der Waals surface area contributed by atoms with Crippen LogP contribution >= 0.6 is 0 Å². The number of hydrogen-bond acceptors (Lipinski definition) is 2. The first-order valence-corrected chi connectivity index (χ1v) is 8.64. The highest BCUT2D eigenvalue weighted by Gasteiger charge is 2.60. The van der Waals surface area contributed by atoms with E-state index in [2.05, 4.69) is 34.8 Å². The third-order valence-corrected chi connectivity index (χ3v) is 4.70. The highest BCUT2D eigenvalue weighted by atomic mass is 16.2. The van der Waals surface area contributed by atoms with Crippen molar-refractivity contribution in [3.63, 3.8) is 0 Å². The van der Waals surface area contributed by atoms with Crippen molar-refractivity contribution in [1.29, 1.82) is 0 Å². The number of amides is 1. The number of allylic oxidation sites excluding steroid dienone is 2. The van der Waals surface area contributed by atoms with Crippen LogP contribution in [0.2, 0.25) is 0 Å². The van der Waals surface area contributed by atoms with Gasteiger partial charge in [0, 0.05) is 5.41 Å². The number of rotatable bonds is 5. The Kier molecular flexibility index (Phi) is 4.84. The Morgan fingerprint density at radius 2 is 1.52 bits per heavy atom. The molecule has 25 heavy (non-hydrogen) atoms. The van der Waals surface area contributed by atoms with Crippen LogP contribution in [0.3, 0.4) is 0 Å². The van der Waals surface area contributed by atoms with E-state index in [-0.39, 0.29) is 17.2 Å². The second-order valence-electron chi connectivity index (χ2n) is 6.91. The average Bonchev–Trinajstić information content (AvgIpc) is 3.38. The topological polar surface area (TPSA) is 41.5 Å². The fraction of sp³-hybridized carbons (Fsp3) is 0.273. The van der Waals surface area contributed by atoms with E-state index in [4.69, 9.17) is 0 Å². The maximum atomic E-state index is 12.7. The molecule has 0 aliphatic heterocycles. The van der Waals surface area contributed by atoms with Crippen LogP contribution in [-0.2, 0) is 10.2 Å². The molecule has 0 aromatic heterocycles. The Morgan fingerprint density at radius 3 is 2.00 bits per heavy atom. The van der Waals surface area contributed by atoms with Crippen molar-refractivity contribution in [2.45, 2.75) is 32.6 Å². The first kappa shape index (κ1) is 17.2. The van der Waals surface area contributed by atoms with Gasteiger partial charge in [0.15, 0.2) is 0 Å². The van der Waals surface area contributed by atoms with Crippen LogP contribution < -0.4 is 5.43 Å². The van der Waals surface area contributed by atoms with E-state index in [9.17, 15) is 4.79 Å². The van der Waals surface area contributed by atoms with Crippen molar-refractivity contribution in [2.24, 2.45) is 11.0 Å². The molecule has 3 nitrogen and oxygen atoms in total. The lowest BCUT2D eigenvalue weighted by Crippen LogP contribution is -2.26. The Labute approximate surface area is 149 Å². The van der Waals surface area contributed by atoms with E-state index >= 15 is 0 Å². The minimum absolute atomic E-state index is 0.0192. The zero-order chi connectivity index (χ0) is 17.9. The summed E-state index contributed by atoms with van der Waals surface area (Å²) in [6, 6.07) is 20.6. The zero-order valence-corrected chi connectivity index (χ0v) is 15.0. The fourth-order valence-electron chi connectivity index (χ4n) is 3.53. The van der Waals surface area contributed by atoms with Gasteiger partial charge in [0.25, 0.3) is 0 Å². The summed E-state index contributed by atoms with van der Waals surface area (Å²) in [6.45, 7) is 5.91. The average molecular weight is 332 g/mol. The zero-order valence-electron chi connectivity index (χ0n) is 15.0. The van der Waals surface area contributed by atoms with Crippen LogP contribution in [0, 0.1) is 5.92 Å². The number of hydrazone groups is 1. The molecule has 0 spiro atoms. The van der Waals surface area contributed by atoms with Crippen molar-refractivity contribution < 1.29 is 4.79 Å². The Balaban J connectivity index is 1.86. The van der Waals surface area contributed by atoms with Gasteiger partial charge >= 0.3 is 0 Å². The number of nitrogens with one attached hydrogen (secondary N) is 1. The quantitative estimate of drug-likeness (QED) is 0.638. The number of carbonyl (C=O) groups excluding carboxylic acids is 1. The monoisotopic (exact) mass is 332 g/mol. The Morgan fingerprint density at radius 1 is 1.00 bits per heavy atom. The molecule has 0 radical (unpaired) electrons. The molecule has 1 aliphatic carbocycles. The molecule has 3 rings (SSSR count). The minimum atomic E-state index is -0.244. The highest BCUT2D eigenvalue weighted by molar-refractivity contribution is 5.94. The summed E-state index contributed by atoms with van der Waals surface area (Å²) in [5.74, 6) is -0.116. The SMILES string of the molecule is CC(C)=C/C(C)=N\NC(=O)[C@@H]1CC1(c1ccccc1)c1ccccc1. The van der Waals surface area contributed by atoms with Crippen LogP contribution in [0.15, 0.2) is 77.4 Å². The number of nitrogens with zero attached hydrogens (tertiary/aromatic N) is 1. The van der Waals surface area contributed by atoms with Gasteiger partial charge in [-0.3, -0.25) is 4.79 Å². The predicted molar refractivity (Wildman–Crippen MR) is 102 cm³/mol. The molecule has 2 aromatic carbocycles.